The monoisotopic (exact) mass is 252 g/mol. The van der Waals surface area contributed by atoms with Crippen molar-refractivity contribution in [1.29, 1.82) is 0 Å². The van der Waals surface area contributed by atoms with E-state index in [4.69, 9.17) is 0 Å². The predicted octanol–water partition coefficient (Wildman–Crippen LogP) is 0.568. The van der Waals surface area contributed by atoms with Crippen molar-refractivity contribution >= 4 is 11.9 Å². The summed E-state index contributed by atoms with van der Waals surface area (Å²) in [5.41, 5.74) is -1.17. The van der Waals surface area contributed by atoms with Crippen LogP contribution in [0, 0.1) is 5.92 Å². The van der Waals surface area contributed by atoms with Crippen LogP contribution in [0.1, 0.15) is 43.2 Å². The lowest BCUT2D eigenvalue weighted by Crippen LogP contribution is -2.56. The largest absolute Gasteiger partial charge is 0.480 e. The first-order chi connectivity index (χ1) is 8.53. The Morgan fingerprint density at radius 3 is 2.67 bits per heavy atom. The van der Waals surface area contributed by atoms with E-state index in [1.807, 2.05) is 0 Å². The zero-order valence-corrected chi connectivity index (χ0v) is 10.1. The average molecular weight is 252 g/mol. The first-order valence-electron chi connectivity index (χ1n) is 5.95. The standard InChI is InChI=1S/C11H16N4O3/c1-7-2-4-11(5-3-7,10(17)18)14-9(16)8-12-6-13-15-8/h6-7H,2-5H2,1H3,(H,14,16)(H,17,18)(H,12,13,15). The van der Waals surface area contributed by atoms with Crippen molar-refractivity contribution in [2.24, 2.45) is 5.92 Å². The molecule has 18 heavy (non-hydrogen) atoms. The van der Waals surface area contributed by atoms with Crippen molar-refractivity contribution < 1.29 is 14.7 Å². The Hall–Kier alpha value is -1.92. The molecule has 2 rings (SSSR count). The van der Waals surface area contributed by atoms with E-state index in [1.165, 1.54) is 6.33 Å². The van der Waals surface area contributed by atoms with Crippen molar-refractivity contribution in [2.75, 3.05) is 0 Å². The van der Waals surface area contributed by atoms with Crippen molar-refractivity contribution in [3.63, 3.8) is 0 Å². The van der Waals surface area contributed by atoms with E-state index in [2.05, 4.69) is 27.4 Å². The zero-order chi connectivity index (χ0) is 13.2. The van der Waals surface area contributed by atoms with Crippen molar-refractivity contribution in [1.82, 2.24) is 20.5 Å². The van der Waals surface area contributed by atoms with Gasteiger partial charge in [0.05, 0.1) is 0 Å². The van der Waals surface area contributed by atoms with Crippen LogP contribution >= 0.6 is 0 Å². The summed E-state index contributed by atoms with van der Waals surface area (Å²) in [4.78, 5) is 27.0. The molecule has 1 aliphatic rings. The number of rotatable bonds is 3. The topological polar surface area (TPSA) is 108 Å². The Balaban J connectivity index is 2.12. The molecule has 1 aromatic heterocycles. The van der Waals surface area contributed by atoms with Gasteiger partial charge in [-0.15, -0.1) is 0 Å². The lowest BCUT2D eigenvalue weighted by molar-refractivity contribution is -0.146. The minimum atomic E-state index is -1.17. The molecule has 0 bridgehead atoms. The number of carbonyl (C=O) groups excluding carboxylic acids is 1. The Morgan fingerprint density at radius 2 is 2.17 bits per heavy atom. The molecule has 0 aliphatic heterocycles. The molecule has 0 atom stereocenters. The van der Waals surface area contributed by atoms with E-state index >= 15 is 0 Å². The molecule has 1 aliphatic carbocycles. The lowest BCUT2D eigenvalue weighted by Gasteiger charge is -2.36. The highest BCUT2D eigenvalue weighted by atomic mass is 16.4. The van der Waals surface area contributed by atoms with E-state index in [0.717, 1.165) is 12.8 Å². The minimum Gasteiger partial charge on any atom is -0.480 e. The highest BCUT2D eigenvalue weighted by Gasteiger charge is 2.42. The third-order valence-electron chi connectivity index (χ3n) is 3.52. The van der Waals surface area contributed by atoms with Crippen LogP contribution in [0.2, 0.25) is 0 Å². The summed E-state index contributed by atoms with van der Waals surface area (Å²) in [5.74, 6) is -0.972. The van der Waals surface area contributed by atoms with Gasteiger partial charge in [0.15, 0.2) is 0 Å². The maximum absolute atomic E-state index is 11.9. The molecular weight excluding hydrogens is 236 g/mol. The number of aromatic amines is 1. The van der Waals surface area contributed by atoms with E-state index in [0.29, 0.717) is 18.8 Å². The molecule has 0 spiro atoms. The maximum atomic E-state index is 11.9. The first-order valence-corrected chi connectivity index (χ1v) is 5.95. The van der Waals surface area contributed by atoms with Gasteiger partial charge >= 0.3 is 5.97 Å². The molecule has 0 aromatic carbocycles. The number of hydrogen-bond donors (Lipinski definition) is 3. The first kappa shape index (κ1) is 12.5. The fourth-order valence-corrected chi connectivity index (χ4v) is 2.24. The molecule has 0 unspecified atom stereocenters. The summed E-state index contributed by atoms with van der Waals surface area (Å²) in [6.07, 6.45) is 3.70. The number of nitrogens with zero attached hydrogens (tertiary/aromatic N) is 2. The number of nitrogens with one attached hydrogen (secondary N) is 2. The molecule has 3 N–H and O–H groups in total. The van der Waals surface area contributed by atoms with E-state index in [9.17, 15) is 14.7 Å². The average Bonchev–Trinajstić information content (AvgIpc) is 2.85. The highest BCUT2D eigenvalue weighted by molar-refractivity contribution is 5.95. The summed E-state index contributed by atoms with van der Waals surface area (Å²) in [6, 6.07) is 0. The van der Waals surface area contributed by atoms with Crippen molar-refractivity contribution in [3.8, 4) is 0 Å². The van der Waals surface area contributed by atoms with Gasteiger partial charge in [-0.1, -0.05) is 6.92 Å². The molecule has 7 nitrogen and oxygen atoms in total. The van der Waals surface area contributed by atoms with Crippen LogP contribution in [0.5, 0.6) is 0 Å². The number of amides is 1. The van der Waals surface area contributed by atoms with Gasteiger partial charge in [0.25, 0.3) is 5.91 Å². The summed E-state index contributed by atoms with van der Waals surface area (Å²) in [5, 5.41) is 17.9. The number of hydrogen-bond acceptors (Lipinski definition) is 4. The summed E-state index contributed by atoms with van der Waals surface area (Å²) in [6.45, 7) is 2.09. The second kappa shape index (κ2) is 4.75. The summed E-state index contributed by atoms with van der Waals surface area (Å²) < 4.78 is 0. The van der Waals surface area contributed by atoms with Crippen LogP contribution in [-0.4, -0.2) is 37.7 Å². The van der Waals surface area contributed by atoms with Crippen LogP contribution in [0.25, 0.3) is 0 Å². The quantitative estimate of drug-likeness (QED) is 0.728. The Labute approximate surface area is 104 Å². The van der Waals surface area contributed by atoms with Gasteiger partial charge in [-0.05, 0) is 31.6 Å². The molecule has 0 saturated heterocycles. The highest BCUT2D eigenvalue weighted by Crippen LogP contribution is 2.32. The Kier molecular flexibility index (Phi) is 3.31. The van der Waals surface area contributed by atoms with Gasteiger partial charge < -0.3 is 10.4 Å². The number of carboxylic acids is 1. The molecule has 0 radical (unpaired) electrons. The van der Waals surface area contributed by atoms with Gasteiger partial charge in [0.1, 0.15) is 11.9 Å². The molecule has 7 heteroatoms. The normalized spacial score (nSPS) is 27.7. The lowest BCUT2D eigenvalue weighted by atomic mass is 9.77. The SMILES string of the molecule is CC1CCC(NC(=O)c2ncn[nH]2)(C(=O)O)CC1. The van der Waals surface area contributed by atoms with E-state index < -0.39 is 17.4 Å². The van der Waals surface area contributed by atoms with Crippen LogP contribution in [0.4, 0.5) is 0 Å². The van der Waals surface area contributed by atoms with Gasteiger partial charge in [0, 0.05) is 0 Å². The second-order valence-electron chi connectivity index (χ2n) is 4.86. The fourth-order valence-electron chi connectivity index (χ4n) is 2.24. The van der Waals surface area contributed by atoms with Crippen molar-refractivity contribution in [3.05, 3.63) is 12.2 Å². The van der Waals surface area contributed by atoms with E-state index in [1.54, 1.807) is 0 Å². The van der Waals surface area contributed by atoms with Crippen LogP contribution in [0.15, 0.2) is 6.33 Å². The Morgan fingerprint density at radius 1 is 1.50 bits per heavy atom. The van der Waals surface area contributed by atoms with E-state index in [-0.39, 0.29) is 5.82 Å². The zero-order valence-electron chi connectivity index (χ0n) is 10.1. The van der Waals surface area contributed by atoms with Crippen LogP contribution in [0.3, 0.4) is 0 Å². The van der Waals surface area contributed by atoms with Gasteiger partial charge in [0.2, 0.25) is 5.82 Å². The molecule has 1 saturated carbocycles. The van der Waals surface area contributed by atoms with Gasteiger partial charge in [-0.3, -0.25) is 9.89 Å². The molecule has 1 amide bonds. The smallest absolute Gasteiger partial charge is 0.329 e. The fraction of sp³-hybridized carbons (Fsp3) is 0.636. The third kappa shape index (κ3) is 2.34. The van der Waals surface area contributed by atoms with Crippen molar-refractivity contribution in [2.45, 2.75) is 38.1 Å². The second-order valence-corrected chi connectivity index (χ2v) is 4.86. The summed E-state index contributed by atoms with van der Waals surface area (Å²) >= 11 is 0. The van der Waals surface area contributed by atoms with Crippen LogP contribution < -0.4 is 5.32 Å². The predicted molar refractivity (Wildman–Crippen MR) is 61.8 cm³/mol. The number of aliphatic carboxylic acids is 1. The number of carbonyl (C=O) groups is 2. The number of carboxylic acid groups (broad SMARTS) is 1. The summed E-state index contributed by atoms with van der Waals surface area (Å²) in [7, 11) is 0. The molecule has 1 aromatic rings. The third-order valence-corrected chi connectivity index (χ3v) is 3.52. The number of aromatic nitrogens is 3. The Bertz CT molecular complexity index is 435. The molecule has 98 valence electrons. The van der Waals surface area contributed by atoms with Crippen LogP contribution in [-0.2, 0) is 4.79 Å². The molecular formula is C11H16N4O3. The minimum absolute atomic E-state index is 0.0363. The van der Waals surface area contributed by atoms with Gasteiger partial charge in [-0.25, -0.2) is 9.78 Å². The maximum Gasteiger partial charge on any atom is 0.329 e. The molecule has 1 heterocycles. The molecule has 1 fully saturated rings. The van der Waals surface area contributed by atoms with Gasteiger partial charge in [-0.2, -0.15) is 5.10 Å². The number of H-pyrrole nitrogens is 1.